The lowest BCUT2D eigenvalue weighted by molar-refractivity contribution is -0.142. The zero-order valence-corrected chi connectivity index (χ0v) is 8.61. The second kappa shape index (κ2) is 3.52. The lowest BCUT2D eigenvalue weighted by Gasteiger charge is -2.34. The van der Waals surface area contributed by atoms with Gasteiger partial charge in [0.25, 0.3) is 0 Å². The van der Waals surface area contributed by atoms with Crippen LogP contribution in [0.3, 0.4) is 0 Å². The Balaban J connectivity index is 1.91. The highest BCUT2D eigenvalue weighted by atomic mass is 32.2. The number of carbonyl (C=O) groups is 1. The number of rotatable bonds is 1. The van der Waals surface area contributed by atoms with Crippen LogP contribution in [0.25, 0.3) is 0 Å². The molecule has 0 aromatic heterocycles. The molecule has 3 heteroatoms. The van der Waals surface area contributed by atoms with Gasteiger partial charge in [-0.25, -0.2) is 0 Å². The van der Waals surface area contributed by atoms with Crippen LogP contribution in [0.4, 0.5) is 0 Å². The molecule has 0 atom stereocenters. The van der Waals surface area contributed by atoms with E-state index >= 15 is 0 Å². The van der Waals surface area contributed by atoms with Gasteiger partial charge in [0.15, 0.2) is 0 Å². The normalized spacial score (nSPS) is 39.5. The van der Waals surface area contributed by atoms with Gasteiger partial charge >= 0.3 is 5.97 Å². The van der Waals surface area contributed by atoms with Crippen molar-refractivity contribution in [2.24, 2.45) is 5.92 Å². The summed E-state index contributed by atoms with van der Waals surface area (Å²) in [5.74, 6) is 0.655. The molecular weight excluding hydrogens is 184 g/mol. The predicted octanol–water partition coefficient (Wildman–Crippen LogP) is 2.53. The smallest absolute Gasteiger partial charge is 0.306 e. The third kappa shape index (κ3) is 1.85. The molecule has 0 radical (unpaired) electrons. The van der Waals surface area contributed by atoms with Gasteiger partial charge in [-0.3, -0.25) is 4.79 Å². The largest absolute Gasteiger partial charge is 0.481 e. The maximum atomic E-state index is 10.8. The zero-order valence-electron chi connectivity index (χ0n) is 7.79. The minimum atomic E-state index is -0.585. The topological polar surface area (TPSA) is 37.3 Å². The van der Waals surface area contributed by atoms with E-state index in [-0.39, 0.29) is 5.92 Å². The number of thioether (sulfide) groups is 1. The van der Waals surface area contributed by atoms with Crippen LogP contribution < -0.4 is 0 Å². The summed E-state index contributed by atoms with van der Waals surface area (Å²) in [7, 11) is 0. The van der Waals surface area contributed by atoms with E-state index in [9.17, 15) is 4.79 Å². The Morgan fingerprint density at radius 2 is 2.00 bits per heavy atom. The summed E-state index contributed by atoms with van der Waals surface area (Å²) in [6.45, 7) is 0. The van der Waals surface area contributed by atoms with Crippen molar-refractivity contribution in [2.45, 2.75) is 43.3 Å². The number of hydrogen-bond donors (Lipinski definition) is 1. The van der Waals surface area contributed by atoms with Gasteiger partial charge in [0, 0.05) is 4.75 Å². The van der Waals surface area contributed by atoms with Crippen molar-refractivity contribution in [1.29, 1.82) is 0 Å². The van der Waals surface area contributed by atoms with Crippen LogP contribution in [0, 0.1) is 5.92 Å². The number of carboxylic acids is 1. The average molecular weight is 200 g/mol. The summed E-state index contributed by atoms with van der Waals surface area (Å²) >= 11 is 2.09. The van der Waals surface area contributed by atoms with E-state index in [0.717, 1.165) is 25.7 Å². The van der Waals surface area contributed by atoms with Gasteiger partial charge in [0.1, 0.15) is 0 Å². The van der Waals surface area contributed by atoms with Crippen LogP contribution in [-0.2, 0) is 4.79 Å². The Morgan fingerprint density at radius 1 is 1.31 bits per heavy atom. The second-order valence-electron chi connectivity index (χ2n) is 4.25. The molecule has 2 fully saturated rings. The van der Waals surface area contributed by atoms with Crippen molar-refractivity contribution in [3.05, 3.63) is 0 Å². The highest BCUT2D eigenvalue weighted by Crippen LogP contribution is 2.49. The molecule has 1 aliphatic carbocycles. The first kappa shape index (κ1) is 9.38. The number of aliphatic carboxylic acids is 1. The number of hydrogen-bond acceptors (Lipinski definition) is 2. The summed E-state index contributed by atoms with van der Waals surface area (Å²) in [5, 5.41) is 8.86. The van der Waals surface area contributed by atoms with Crippen LogP contribution in [0.15, 0.2) is 0 Å². The van der Waals surface area contributed by atoms with Gasteiger partial charge in [-0.05, 0) is 44.3 Å². The van der Waals surface area contributed by atoms with Gasteiger partial charge in [-0.1, -0.05) is 0 Å². The van der Waals surface area contributed by atoms with Gasteiger partial charge in [0.2, 0.25) is 0 Å². The fraction of sp³-hybridized carbons (Fsp3) is 0.900. The van der Waals surface area contributed by atoms with Crippen molar-refractivity contribution >= 4 is 17.7 Å². The molecule has 0 bridgehead atoms. The van der Waals surface area contributed by atoms with Crippen LogP contribution in [-0.4, -0.2) is 21.6 Å². The molecular formula is C10H16O2S. The molecule has 0 amide bonds. The van der Waals surface area contributed by atoms with Gasteiger partial charge in [-0.2, -0.15) is 11.8 Å². The minimum Gasteiger partial charge on any atom is -0.481 e. The lowest BCUT2D eigenvalue weighted by atomic mass is 9.79. The summed E-state index contributed by atoms with van der Waals surface area (Å²) in [4.78, 5) is 10.8. The lowest BCUT2D eigenvalue weighted by Crippen LogP contribution is -2.31. The molecule has 1 saturated heterocycles. The Hall–Kier alpha value is -0.180. The van der Waals surface area contributed by atoms with Crippen molar-refractivity contribution in [3.8, 4) is 0 Å². The maximum Gasteiger partial charge on any atom is 0.306 e. The van der Waals surface area contributed by atoms with E-state index < -0.39 is 5.97 Å². The monoisotopic (exact) mass is 200 g/mol. The van der Waals surface area contributed by atoms with E-state index in [1.165, 1.54) is 18.6 Å². The van der Waals surface area contributed by atoms with Gasteiger partial charge in [0.05, 0.1) is 5.92 Å². The molecule has 1 spiro atoms. The molecule has 0 unspecified atom stereocenters. The van der Waals surface area contributed by atoms with Crippen molar-refractivity contribution < 1.29 is 9.90 Å². The second-order valence-corrected chi connectivity index (χ2v) is 5.81. The Bertz CT molecular complexity index is 199. The average Bonchev–Trinajstić information content (AvgIpc) is 2.54. The van der Waals surface area contributed by atoms with Gasteiger partial charge in [-0.15, -0.1) is 0 Å². The first-order valence-corrected chi connectivity index (χ1v) is 6.07. The van der Waals surface area contributed by atoms with E-state index in [4.69, 9.17) is 5.11 Å². The fourth-order valence-corrected chi connectivity index (χ4v) is 4.08. The fourth-order valence-electron chi connectivity index (χ4n) is 2.54. The van der Waals surface area contributed by atoms with Crippen molar-refractivity contribution in [3.63, 3.8) is 0 Å². The third-order valence-electron chi connectivity index (χ3n) is 3.43. The van der Waals surface area contributed by atoms with E-state index in [1.54, 1.807) is 0 Å². The first-order valence-electron chi connectivity index (χ1n) is 5.09. The standard InChI is InChI=1S/C10H16O2S/c11-9(12)8-2-5-10(6-3-8)4-1-7-13-10/h8H,1-7H2,(H,11,12). The highest BCUT2D eigenvalue weighted by Gasteiger charge is 2.39. The molecule has 13 heavy (non-hydrogen) atoms. The third-order valence-corrected chi connectivity index (χ3v) is 5.15. The highest BCUT2D eigenvalue weighted by molar-refractivity contribution is 8.00. The summed E-state index contributed by atoms with van der Waals surface area (Å²) < 4.78 is 0.492. The van der Waals surface area contributed by atoms with Crippen LogP contribution in [0.2, 0.25) is 0 Å². The Kier molecular flexibility index (Phi) is 2.54. The van der Waals surface area contributed by atoms with E-state index in [1.807, 2.05) is 0 Å². The summed E-state index contributed by atoms with van der Waals surface area (Å²) in [6.07, 6.45) is 6.74. The van der Waals surface area contributed by atoms with Crippen LogP contribution >= 0.6 is 11.8 Å². The molecule has 74 valence electrons. The molecule has 0 aromatic carbocycles. The van der Waals surface area contributed by atoms with Crippen molar-refractivity contribution in [2.75, 3.05) is 5.75 Å². The van der Waals surface area contributed by atoms with Crippen LogP contribution in [0.1, 0.15) is 38.5 Å². The first-order chi connectivity index (χ1) is 6.22. The Labute approximate surface area is 83.1 Å². The minimum absolute atomic E-state index is 0.0492. The molecule has 0 aromatic rings. The molecule has 1 N–H and O–H groups in total. The zero-order chi connectivity index (χ0) is 9.31. The van der Waals surface area contributed by atoms with Gasteiger partial charge < -0.3 is 5.11 Å². The quantitative estimate of drug-likeness (QED) is 0.706. The van der Waals surface area contributed by atoms with E-state index in [0.29, 0.717) is 4.75 Å². The Morgan fingerprint density at radius 3 is 2.46 bits per heavy atom. The molecule has 1 heterocycles. The summed E-state index contributed by atoms with van der Waals surface area (Å²) in [6, 6.07) is 0. The molecule has 2 nitrogen and oxygen atoms in total. The molecule has 1 saturated carbocycles. The maximum absolute atomic E-state index is 10.8. The SMILES string of the molecule is O=C(O)C1CCC2(CCCS2)CC1. The number of carboxylic acid groups (broad SMARTS) is 1. The van der Waals surface area contributed by atoms with E-state index in [2.05, 4.69) is 11.8 Å². The van der Waals surface area contributed by atoms with Crippen LogP contribution in [0.5, 0.6) is 0 Å². The predicted molar refractivity (Wildman–Crippen MR) is 54.0 cm³/mol. The summed E-state index contributed by atoms with van der Waals surface area (Å²) in [5.41, 5.74) is 0. The molecule has 2 rings (SSSR count). The van der Waals surface area contributed by atoms with Crippen molar-refractivity contribution in [1.82, 2.24) is 0 Å². The molecule has 1 aliphatic heterocycles. The molecule has 2 aliphatic rings.